The third kappa shape index (κ3) is 2.08. The Morgan fingerprint density at radius 3 is 2.53 bits per heavy atom. The summed E-state index contributed by atoms with van der Waals surface area (Å²) in [6.07, 6.45) is 0. The molecule has 0 aliphatic rings. The molecule has 0 aliphatic carbocycles. The van der Waals surface area contributed by atoms with E-state index in [2.05, 4.69) is 42.0 Å². The third-order valence-electron chi connectivity index (χ3n) is 3.17. The van der Waals surface area contributed by atoms with Crippen LogP contribution in [0.2, 0.25) is 0 Å². The van der Waals surface area contributed by atoms with Crippen molar-refractivity contribution < 1.29 is 0 Å². The van der Waals surface area contributed by atoms with Crippen LogP contribution in [0.15, 0.2) is 23.6 Å². The molecular formula is C15H15N3S. The number of pyridine rings is 1. The minimum atomic E-state index is 0.599. The first kappa shape index (κ1) is 12.1. The van der Waals surface area contributed by atoms with Gasteiger partial charge in [0, 0.05) is 22.0 Å². The molecule has 0 radical (unpaired) electrons. The molecule has 0 unspecified atom stereocenters. The highest BCUT2D eigenvalue weighted by Crippen LogP contribution is 2.32. The van der Waals surface area contributed by atoms with Gasteiger partial charge in [-0.3, -0.25) is 4.98 Å². The fourth-order valence-corrected chi connectivity index (χ4v) is 3.00. The molecule has 0 spiro atoms. The lowest BCUT2D eigenvalue weighted by atomic mass is 10.0. The lowest BCUT2D eigenvalue weighted by Crippen LogP contribution is -1.92. The second kappa shape index (κ2) is 4.31. The van der Waals surface area contributed by atoms with Gasteiger partial charge in [-0.05, 0) is 38.5 Å². The van der Waals surface area contributed by atoms with Gasteiger partial charge in [0.1, 0.15) is 0 Å². The molecule has 0 saturated carbocycles. The van der Waals surface area contributed by atoms with E-state index in [0.29, 0.717) is 5.13 Å². The predicted molar refractivity (Wildman–Crippen MR) is 81.5 cm³/mol. The molecule has 0 atom stereocenters. The molecule has 0 amide bonds. The van der Waals surface area contributed by atoms with Crippen molar-refractivity contribution in [3.63, 3.8) is 0 Å². The van der Waals surface area contributed by atoms with Crippen molar-refractivity contribution in [2.45, 2.75) is 20.8 Å². The average Bonchev–Trinajstić information content (AvgIpc) is 2.76. The number of hydrogen-bond donors (Lipinski definition) is 1. The summed E-state index contributed by atoms with van der Waals surface area (Å²) < 4.78 is 0. The van der Waals surface area contributed by atoms with Gasteiger partial charge in [0.15, 0.2) is 5.13 Å². The maximum atomic E-state index is 5.75. The van der Waals surface area contributed by atoms with Gasteiger partial charge >= 0.3 is 0 Å². The first-order chi connectivity index (χ1) is 9.04. The molecule has 2 aromatic heterocycles. The van der Waals surface area contributed by atoms with Crippen LogP contribution in [-0.2, 0) is 0 Å². The molecule has 0 saturated heterocycles. The number of aryl methyl sites for hydroxylation is 3. The molecule has 96 valence electrons. The molecule has 1 aromatic carbocycles. The summed E-state index contributed by atoms with van der Waals surface area (Å²) in [5, 5.41) is 3.75. The van der Waals surface area contributed by atoms with Crippen LogP contribution < -0.4 is 5.73 Å². The summed E-state index contributed by atoms with van der Waals surface area (Å²) in [4.78, 5) is 9.05. The van der Waals surface area contributed by atoms with E-state index in [9.17, 15) is 0 Å². The number of thiazole rings is 1. The summed E-state index contributed by atoms with van der Waals surface area (Å²) in [6.45, 7) is 6.21. The Bertz CT molecular complexity index is 774. The quantitative estimate of drug-likeness (QED) is 0.729. The summed E-state index contributed by atoms with van der Waals surface area (Å²) in [5.74, 6) is 0. The van der Waals surface area contributed by atoms with Crippen LogP contribution in [0.3, 0.4) is 0 Å². The van der Waals surface area contributed by atoms with Gasteiger partial charge in [-0.2, -0.15) is 0 Å². The van der Waals surface area contributed by atoms with Crippen molar-refractivity contribution in [3.05, 3.63) is 40.4 Å². The average molecular weight is 269 g/mol. The molecular weight excluding hydrogens is 254 g/mol. The number of anilines is 1. The van der Waals surface area contributed by atoms with Crippen LogP contribution in [0.5, 0.6) is 0 Å². The predicted octanol–water partition coefficient (Wildman–Crippen LogP) is 3.87. The van der Waals surface area contributed by atoms with Crippen LogP contribution in [0.25, 0.3) is 22.2 Å². The zero-order chi connectivity index (χ0) is 13.6. The van der Waals surface area contributed by atoms with Gasteiger partial charge in [0.05, 0.1) is 11.2 Å². The summed E-state index contributed by atoms with van der Waals surface area (Å²) in [7, 11) is 0. The zero-order valence-corrected chi connectivity index (χ0v) is 12.0. The second-order valence-electron chi connectivity index (χ2n) is 4.86. The highest BCUT2D eigenvalue weighted by atomic mass is 32.1. The number of fused-ring (bicyclic) bond motifs is 1. The smallest absolute Gasteiger partial charge is 0.180 e. The van der Waals surface area contributed by atoms with Gasteiger partial charge < -0.3 is 5.73 Å². The molecule has 2 heterocycles. The van der Waals surface area contributed by atoms with Crippen molar-refractivity contribution in [1.29, 1.82) is 0 Å². The molecule has 0 aliphatic heterocycles. The van der Waals surface area contributed by atoms with E-state index in [-0.39, 0.29) is 0 Å². The Hall–Kier alpha value is -1.94. The highest BCUT2D eigenvalue weighted by molar-refractivity contribution is 7.13. The number of rotatable bonds is 1. The molecule has 4 heteroatoms. The van der Waals surface area contributed by atoms with Crippen molar-refractivity contribution in [1.82, 2.24) is 9.97 Å². The molecule has 3 nitrogen and oxygen atoms in total. The van der Waals surface area contributed by atoms with E-state index in [1.807, 2.05) is 12.3 Å². The van der Waals surface area contributed by atoms with Crippen molar-refractivity contribution in [3.8, 4) is 11.3 Å². The summed E-state index contributed by atoms with van der Waals surface area (Å²) in [5.41, 5.74) is 12.3. The number of hydrogen-bond acceptors (Lipinski definition) is 4. The van der Waals surface area contributed by atoms with Gasteiger partial charge in [0.2, 0.25) is 0 Å². The van der Waals surface area contributed by atoms with E-state index in [4.69, 9.17) is 5.73 Å². The van der Waals surface area contributed by atoms with Crippen LogP contribution in [0, 0.1) is 20.8 Å². The fraction of sp³-hybridized carbons (Fsp3) is 0.200. The number of nitrogen functional groups attached to an aromatic ring is 1. The Kier molecular flexibility index (Phi) is 2.75. The molecule has 0 fully saturated rings. The van der Waals surface area contributed by atoms with E-state index in [1.54, 1.807) is 0 Å². The van der Waals surface area contributed by atoms with Gasteiger partial charge in [0.25, 0.3) is 0 Å². The minimum Gasteiger partial charge on any atom is -0.375 e. The monoisotopic (exact) mass is 269 g/mol. The number of nitrogens with zero attached hydrogens (tertiary/aromatic N) is 2. The maximum Gasteiger partial charge on any atom is 0.180 e. The van der Waals surface area contributed by atoms with E-state index in [1.165, 1.54) is 22.5 Å². The van der Waals surface area contributed by atoms with Crippen molar-refractivity contribution in [2.24, 2.45) is 0 Å². The highest BCUT2D eigenvalue weighted by Gasteiger charge is 2.11. The largest absolute Gasteiger partial charge is 0.375 e. The van der Waals surface area contributed by atoms with Crippen LogP contribution in [0.4, 0.5) is 5.13 Å². The molecule has 3 aromatic rings. The Morgan fingerprint density at radius 2 is 1.84 bits per heavy atom. The van der Waals surface area contributed by atoms with Crippen LogP contribution in [-0.4, -0.2) is 9.97 Å². The molecule has 3 rings (SSSR count). The minimum absolute atomic E-state index is 0.599. The number of nitrogens with two attached hydrogens (primary N) is 1. The van der Waals surface area contributed by atoms with Gasteiger partial charge in [-0.25, -0.2) is 4.98 Å². The van der Waals surface area contributed by atoms with E-state index < -0.39 is 0 Å². The SMILES string of the molecule is Cc1cc(C)c2nc(C)cc(-c3csc(N)n3)c2c1. The number of benzene rings is 1. The first-order valence-corrected chi connectivity index (χ1v) is 7.02. The zero-order valence-electron chi connectivity index (χ0n) is 11.2. The van der Waals surface area contributed by atoms with Crippen molar-refractivity contribution in [2.75, 3.05) is 5.73 Å². The maximum absolute atomic E-state index is 5.75. The van der Waals surface area contributed by atoms with Crippen LogP contribution >= 0.6 is 11.3 Å². The summed E-state index contributed by atoms with van der Waals surface area (Å²) >= 11 is 1.47. The Labute approximate surface area is 116 Å². The third-order valence-corrected chi connectivity index (χ3v) is 3.85. The lowest BCUT2D eigenvalue weighted by Gasteiger charge is -2.09. The Balaban J connectivity index is 2.40. The van der Waals surface area contributed by atoms with Crippen molar-refractivity contribution >= 4 is 27.4 Å². The molecule has 2 N–H and O–H groups in total. The fourth-order valence-electron chi connectivity index (χ4n) is 2.43. The molecule has 0 bridgehead atoms. The molecule has 19 heavy (non-hydrogen) atoms. The topological polar surface area (TPSA) is 51.8 Å². The standard InChI is InChI=1S/C15H15N3S/c1-8-4-9(2)14-12(5-8)11(6-10(3)17-14)13-7-19-15(16)18-13/h4-7H,1-3H3,(H2,16,18). The number of aromatic nitrogens is 2. The van der Waals surface area contributed by atoms with Gasteiger partial charge in [-0.15, -0.1) is 11.3 Å². The second-order valence-corrected chi connectivity index (χ2v) is 5.75. The Morgan fingerprint density at radius 1 is 1.05 bits per heavy atom. The normalized spacial score (nSPS) is 11.1. The van der Waals surface area contributed by atoms with E-state index in [0.717, 1.165) is 27.9 Å². The lowest BCUT2D eigenvalue weighted by molar-refractivity contribution is 1.23. The van der Waals surface area contributed by atoms with Gasteiger partial charge in [-0.1, -0.05) is 11.6 Å². The summed E-state index contributed by atoms with van der Waals surface area (Å²) in [6, 6.07) is 6.41. The first-order valence-electron chi connectivity index (χ1n) is 6.14. The van der Waals surface area contributed by atoms with E-state index >= 15 is 0 Å². The van der Waals surface area contributed by atoms with Crippen LogP contribution in [0.1, 0.15) is 16.8 Å².